The Morgan fingerprint density at radius 2 is 2.04 bits per heavy atom. The number of hydrogen-bond acceptors (Lipinski definition) is 5. The van der Waals surface area contributed by atoms with Crippen LogP contribution in [0.4, 0.5) is 6.01 Å². The van der Waals surface area contributed by atoms with E-state index in [1.54, 1.807) is 0 Å². The summed E-state index contributed by atoms with van der Waals surface area (Å²) in [5.41, 5.74) is 3.11. The lowest BCUT2D eigenvalue weighted by atomic mass is 10.1. The zero-order valence-electron chi connectivity index (χ0n) is 12.9. The predicted molar refractivity (Wildman–Crippen MR) is 87.1 cm³/mol. The molecule has 0 unspecified atom stereocenters. The zero-order valence-corrected chi connectivity index (χ0v) is 12.9. The molecule has 0 fully saturated rings. The minimum Gasteiger partial charge on any atom is -0.466 e. The van der Waals surface area contributed by atoms with Gasteiger partial charge in [-0.3, -0.25) is 0 Å². The van der Waals surface area contributed by atoms with Crippen molar-refractivity contribution in [2.24, 2.45) is 0 Å². The van der Waals surface area contributed by atoms with Crippen LogP contribution in [-0.2, 0) is 6.54 Å². The largest absolute Gasteiger partial charge is 0.466 e. The summed E-state index contributed by atoms with van der Waals surface area (Å²) in [7, 11) is 0. The van der Waals surface area contributed by atoms with Crippen LogP contribution in [0.1, 0.15) is 17.1 Å². The highest BCUT2D eigenvalue weighted by atomic mass is 16.4. The topological polar surface area (TPSA) is 79.9 Å². The molecule has 0 saturated carbocycles. The van der Waals surface area contributed by atoms with Gasteiger partial charge in [0.05, 0.1) is 5.56 Å². The lowest BCUT2D eigenvalue weighted by molar-refractivity contribution is 0.503. The number of furan rings is 1. The van der Waals surface area contributed by atoms with Crippen molar-refractivity contribution in [1.29, 1.82) is 0 Å². The lowest BCUT2D eigenvalue weighted by Gasteiger charge is -2.03. The van der Waals surface area contributed by atoms with Crippen molar-refractivity contribution in [2.75, 3.05) is 5.32 Å². The minimum absolute atomic E-state index is 0.394. The zero-order chi connectivity index (χ0) is 15.8. The molecule has 2 N–H and O–H groups in total. The summed E-state index contributed by atoms with van der Waals surface area (Å²) in [6, 6.07) is 10.5. The molecule has 3 aromatic heterocycles. The number of fused-ring (bicyclic) bond motifs is 1. The van der Waals surface area contributed by atoms with Crippen LogP contribution < -0.4 is 5.32 Å². The van der Waals surface area contributed by atoms with E-state index in [2.05, 4.69) is 32.6 Å². The summed E-state index contributed by atoms with van der Waals surface area (Å²) < 4.78 is 11.2. The first-order valence-corrected chi connectivity index (χ1v) is 7.40. The fourth-order valence-corrected chi connectivity index (χ4v) is 2.72. The van der Waals surface area contributed by atoms with Crippen LogP contribution in [0.2, 0.25) is 0 Å². The molecule has 6 nitrogen and oxygen atoms in total. The molecule has 0 aliphatic rings. The summed E-state index contributed by atoms with van der Waals surface area (Å²) in [6.45, 7) is 4.38. The normalized spacial score (nSPS) is 11.2. The number of aromatic nitrogens is 3. The first-order valence-electron chi connectivity index (χ1n) is 7.40. The number of anilines is 1. The van der Waals surface area contributed by atoms with E-state index in [0.29, 0.717) is 18.5 Å². The van der Waals surface area contributed by atoms with Crippen molar-refractivity contribution in [3.05, 3.63) is 53.6 Å². The fraction of sp³-hybridized carbons (Fsp3) is 0.176. The van der Waals surface area contributed by atoms with Gasteiger partial charge in [0, 0.05) is 23.6 Å². The average molecular weight is 308 g/mol. The third-order valence-electron chi connectivity index (χ3n) is 3.81. The van der Waals surface area contributed by atoms with Crippen molar-refractivity contribution < 1.29 is 8.83 Å². The van der Waals surface area contributed by atoms with Gasteiger partial charge in [-0.2, -0.15) is 0 Å². The van der Waals surface area contributed by atoms with Gasteiger partial charge in [0.2, 0.25) is 0 Å². The van der Waals surface area contributed by atoms with Crippen molar-refractivity contribution in [1.82, 2.24) is 15.2 Å². The van der Waals surface area contributed by atoms with Gasteiger partial charge in [0.1, 0.15) is 11.5 Å². The van der Waals surface area contributed by atoms with Gasteiger partial charge in [0.25, 0.3) is 5.89 Å². The fourth-order valence-electron chi connectivity index (χ4n) is 2.72. The smallest absolute Gasteiger partial charge is 0.316 e. The van der Waals surface area contributed by atoms with Crippen molar-refractivity contribution >= 4 is 16.9 Å². The Labute approximate surface area is 132 Å². The number of aromatic amines is 1. The van der Waals surface area contributed by atoms with E-state index in [-0.39, 0.29) is 0 Å². The molecule has 0 radical (unpaired) electrons. The second kappa shape index (κ2) is 5.31. The minimum atomic E-state index is 0.394. The van der Waals surface area contributed by atoms with Gasteiger partial charge in [-0.15, -0.1) is 5.10 Å². The van der Waals surface area contributed by atoms with E-state index in [1.807, 2.05) is 38.2 Å². The average Bonchev–Trinajstić information content (AvgIpc) is 3.24. The number of nitrogens with one attached hydrogen (secondary N) is 2. The van der Waals surface area contributed by atoms with Crippen molar-refractivity contribution in [3.8, 4) is 11.5 Å². The maximum atomic E-state index is 5.68. The summed E-state index contributed by atoms with van der Waals surface area (Å²) in [5.74, 6) is 2.06. The molecular formula is C17H16N4O2. The van der Waals surface area contributed by atoms with Gasteiger partial charge in [-0.05, 0) is 37.6 Å². The molecule has 0 saturated heterocycles. The second-order valence-electron chi connectivity index (χ2n) is 5.45. The van der Waals surface area contributed by atoms with E-state index in [1.165, 1.54) is 10.9 Å². The summed E-state index contributed by atoms with van der Waals surface area (Å²) in [6.07, 6.45) is 1.93. The molecule has 0 amide bonds. The summed E-state index contributed by atoms with van der Waals surface area (Å²) >= 11 is 0. The van der Waals surface area contributed by atoms with Crippen molar-refractivity contribution in [2.45, 2.75) is 20.4 Å². The Morgan fingerprint density at radius 1 is 1.13 bits per heavy atom. The van der Waals surface area contributed by atoms with E-state index in [4.69, 9.17) is 8.83 Å². The second-order valence-corrected chi connectivity index (χ2v) is 5.45. The van der Waals surface area contributed by atoms with E-state index >= 15 is 0 Å². The van der Waals surface area contributed by atoms with Crippen LogP contribution in [0.3, 0.4) is 0 Å². The Morgan fingerprint density at radius 3 is 2.87 bits per heavy atom. The third kappa shape index (κ3) is 2.48. The third-order valence-corrected chi connectivity index (χ3v) is 3.81. The molecular weight excluding hydrogens is 292 g/mol. The molecule has 23 heavy (non-hydrogen) atoms. The predicted octanol–water partition coefficient (Wildman–Crippen LogP) is 4.04. The highest BCUT2D eigenvalue weighted by Gasteiger charge is 2.14. The number of aryl methyl sites for hydroxylation is 2. The Kier molecular flexibility index (Phi) is 3.15. The first-order chi connectivity index (χ1) is 11.2. The number of H-pyrrole nitrogens is 1. The molecule has 6 heteroatoms. The maximum absolute atomic E-state index is 5.68. The number of hydrogen-bond donors (Lipinski definition) is 2. The number of nitrogens with zero attached hydrogens (tertiary/aromatic N) is 2. The van der Waals surface area contributed by atoms with Gasteiger partial charge < -0.3 is 19.1 Å². The van der Waals surface area contributed by atoms with Crippen LogP contribution in [0.5, 0.6) is 0 Å². The van der Waals surface area contributed by atoms with Crippen LogP contribution in [0.15, 0.2) is 45.4 Å². The van der Waals surface area contributed by atoms with Crippen LogP contribution in [0.25, 0.3) is 22.4 Å². The molecule has 1 aromatic carbocycles. The molecule has 0 spiro atoms. The summed E-state index contributed by atoms with van der Waals surface area (Å²) in [5, 5.41) is 12.5. The Hall–Kier alpha value is -3.02. The standard InChI is InChI=1S/C17H16N4O2/c1-10-8-14(11(2)22-10)16-20-21-17(23-16)19-9-12-4-3-5-15-13(12)6-7-18-15/h3-8,18H,9H2,1-2H3,(H,19,21). The SMILES string of the molecule is Cc1cc(-c2nnc(NCc3cccc4[nH]ccc34)o2)c(C)o1. The molecule has 4 aromatic rings. The van der Waals surface area contributed by atoms with Gasteiger partial charge >= 0.3 is 6.01 Å². The highest BCUT2D eigenvalue weighted by molar-refractivity contribution is 5.83. The van der Waals surface area contributed by atoms with Gasteiger partial charge in [0.15, 0.2) is 0 Å². The molecule has 0 bridgehead atoms. The first kappa shape index (κ1) is 13.6. The Balaban J connectivity index is 1.54. The monoisotopic (exact) mass is 308 g/mol. The van der Waals surface area contributed by atoms with Crippen LogP contribution in [0, 0.1) is 13.8 Å². The lowest BCUT2D eigenvalue weighted by Crippen LogP contribution is -1.99. The van der Waals surface area contributed by atoms with Crippen molar-refractivity contribution in [3.63, 3.8) is 0 Å². The quantitative estimate of drug-likeness (QED) is 0.594. The molecule has 0 aliphatic heterocycles. The Bertz CT molecular complexity index is 964. The van der Waals surface area contributed by atoms with E-state index in [0.717, 1.165) is 22.6 Å². The van der Waals surface area contributed by atoms with Gasteiger partial charge in [-0.25, -0.2) is 0 Å². The van der Waals surface area contributed by atoms with Gasteiger partial charge in [-0.1, -0.05) is 17.2 Å². The number of benzene rings is 1. The molecule has 116 valence electrons. The van der Waals surface area contributed by atoms with E-state index < -0.39 is 0 Å². The van der Waals surface area contributed by atoms with Crippen LogP contribution in [-0.4, -0.2) is 15.2 Å². The summed E-state index contributed by atoms with van der Waals surface area (Å²) in [4.78, 5) is 3.20. The molecule has 0 atom stereocenters. The molecule has 3 heterocycles. The maximum Gasteiger partial charge on any atom is 0.316 e. The molecule has 0 aliphatic carbocycles. The molecule has 4 rings (SSSR count). The highest BCUT2D eigenvalue weighted by Crippen LogP contribution is 2.26. The van der Waals surface area contributed by atoms with Crippen LogP contribution >= 0.6 is 0 Å². The number of rotatable bonds is 4. The van der Waals surface area contributed by atoms with E-state index in [9.17, 15) is 0 Å².